The number of carbonyl (C=O) groups is 2. The van der Waals surface area contributed by atoms with Crippen LogP contribution < -0.4 is 14.8 Å². The first-order chi connectivity index (χ1) is 14.4. The number of aromatic carboxylic acids is 1. The summed E-state index contributed by atoms with van der Waals surface area (Å²) in [4.78, 5) is 28.0. The molecule has 10 heteroatoms. The van der Waals surface area contributed by atoms with Gasteiger partial charge in [0.15, 0.2) is 16.7 Å². The Morgan fingerprint density at radius 1 is 1.27 bits per heavy atom. The van der Waals surface area contributed by atoms with E-state index in [1.165, 1.54) is 31.0 Å². The van der Waals surface area contributed by atoms with E-state index < -0.39 is 5.97 Å². The number of carboxylic acids is 1. The summed E-state index contributed by atoms with van der Waals surface area (Å²) in [7, 11) is 1.50. The summed E-state index contributed by atoms with van der Waals surface area (Å²) in [6.45, 7) is 0.0132. The topological polar surface area (TPSA) is 117 Å². The SMILES string of the molecule is COc1cc(C=C2SC(=Nc3ccc(C(=O)O)cc3)NC2=O)c(Br)cc1OCCO. The summed E-state index contributed by atoms with van der Waals surface area (Å²) in [6, 6.07) is 9.46. The van der Waals surface area contributed by atoms with E-state index in [-0.39, 0.29) is 24.7 Å². The molecule has 2 aromatic carbocycles. The molecule has 0 aliphatic carbocycles. The molecule has 0 aromatic heterocycles. The molecule has 30 heavy (non-hydrogen) atoms. The molecule has 1 heterocycles. The lowest BCUT2D eigenvalue weighted by Crippen LogP contribution is -2.19. The fraction of sp³-hybridized carbons (Fsp3) is 0.150. The van der Waals surface area contributed by atoms with Crippen LogP contribution in [0.4, 0.5) is 5.69 Å². The highest BCUT2D eigenvalue weighted by Crippen LogP contribution is 2.36. The van der Waals surface area contributed by atoms with Crippen LogP contribution in [0.1, 0.15) is 15.9 Å². The molecule has 1 fully saturated rings. The summed E-state index contributed by atoms with van der Waals surface area (Å²) < 4.78 is 11.5. The number of amidine groups is 1. The molecule has 2 aromatic rings. The molecule has 0 bridgehead atoms. The standard InChI is InChI=1S/C20H17BrN2O6S/c1-28-15-8-12(14(21)10-16(15)29-7-6-24)9-17-18(25)23-20(30-17)22-13-4-2-11(3-5-13)19(26)27/h2-5,8-10,24H,6-7H2,1H3,(H,26,27)(H,22,23,25). The van der Waals surface area contributed by atoms with Gasteiger partial charge < -0.3 is 25.0 Å². The van der Waals surface area contributed by atoms with Gasteiger partial charge >= 0.3 is 5.97 Å². The predicted molar refractivity (Wildman–Crippen MR) is 117 cm³/mol. The molecule has 0 radical (unpaired) electrons. The Morgan fingerprint density at radius 2 is 2.00 bits per heavy atom. The van der Waals surface area contributed by atoms with Crippen LogP contribution in [0.2, 0.25) is 0 Å². The van der Waals surface area contributed by atoms with Crippen LogP contribution in [0.15, 0.2) is 50.8 Å². The summed E-state index contributed by atoms with van der Waals surface area (Å²) in [5.74, 6) is -0.380. The van der Waals surface area contributed by atoms with Crippen molar-refractivity contribution in [3.8, 4) is 11.5 Å². The summed E-state index contributed by atoms with van der Waals surface area (Å²) in [5.41, 5.74) is 1.39. The van der Waals surface area contributed by atoms with E-state index in [9.17, 15) is 9.59 Å². The lowest BCUT2D eigenvalue weighted by molar-refractivity contribution is -0.115. The van der Waals surface area contributed by atoms with E-state index >= 15 is 0 Å². The number of rotatable bonds is 7. The number of carboxylic acid groups (broad SMARTS) is 1. The third-order valence-corrected chi connectivity index (χ3v) is 5.51. The number of thioether (sulfide) groups is 1. The van der Waals surface area contributed by atoms with E-state index in [2.05, 4.69) is 26.2 Å². The van der Waals surface area contributed by atoms with Gasteiger partial charge in [-0.25, -0.2) is 9.79 Å². The van der Waals surface area contributed by atoms with Crippen molar-refractivity contribution in [1.29, 1.82) is 0 Å². The van der Waals surface area contributed by atoms with Gasteiger partial charge in [-0.05, 0) is 59.8 Å². The highest BCUT2D eigenvalue weighted by Gasteiger charge is 2.24. The van der Waals surface area contributed by atoms with Gasteiger partial charge in [0.25, 0.3) is 5.91 Å². The quantitative estimate of drug-likeness (QED) is 0.506. The van der Waals surface area contributed by atoms with Crippen molar-refractivity contribution in [3.63, 3.8) is 0 Å². The second-order valence-electron chi connectivity index (χ2n) is 5.93. The van der Waals surface area contributed by atoms with Crippen molar-refractivity contribution in [2.24, 2.45) is 4.99 Å². The Bertz CT molecular complexity index is 1040. The lowest BCUT2D eigenvalue weighted by atomic mass is 10.2. The minimum Gasteiger partial charge on any atom is -0.493 e. The molecule has 8 nitrogen and oxygen atoms in total. The van der Waals surface area contributed by atoms with E-state index in [1.54, 1.807) is 30.3 Å². The third-order valence-electron chi connectivity index (χ3n) is 3.91. The minimum atomic E-state index is -1.02. The molecule has 1 saturated heterocycles. The van der Waals surface area contributed by atoms with Crippen LogP contribution >= 0.6 is 27.7 Å². The Hall–Kier alpha value is -2.82. The van der Waals surface area contributed by atoms with Crippen LogP contribution in [-0.4, -0.2) is 47.6 Å². The Morgan fingerprint density at radius 3 is 2.63 bits per heavy atom. The van der Waals surface area contributed by atoms with E-state index in [4.69, 9.17) is 19.7 Å². The first-order valence-electron chi connectivity index (χ1n) is 8.65. The fourth-order valence-corrected chi connectivity index (χ4v) is 3.78. The maximum Gasteiger partial charge on any atom is 0.335 e. The van der Waals surface area contributed by atoms with Crippen LogP contribution in [0.5, 0.6) is 11.5 Å². The largest absolute Gasteiger partial charge is 0.493 e. The van der Waals surface area contributed by atoms with Crippen LogP contribution in [0.25, 0.3) is 6.08 Å². The summed E-state index contributed by atoms with van der Waals surface area (Å²) >= 11 is 4.62. The van der Waals surface area contributed by atoms with Gasteiger partial charge in [-0.1, -0.05) is 15.9 Å². The number of amides is 1. The first kappa shape index (κ1) is 21.9. The number of methoxy groups -OCH3 is 1. The van der Waals surface area contributed by atoms with Crippen molar-refractivity contribution in [3.05, 3.63) is 56.9 Å². The molecule has 1 aliphatic rings. The number of nitrogens with zero attached hydrogens (tertiary/aromatic N) is 1. The van der Waals surface area contributed by atoms with Gasteiger partial charge in [-0.3, -0.25) is 4.79 Å². The minimum absolute atomic E-state index is 0.121. The predicted octanol–water partition coefficient (Wildman–Crippen LogP) is 3.42. The number of carbonyl (C=O) groups excluding carboxylic acids is 1. The molecular weight excluding hydrogens is 476 g/mol. The van der Waals surface area contributed by atoms with Gasteiger partial charge in [-0.15, -0.1) is 0 Å². The van der Waals surface area contributed by atoms with E-state index in [0.717, 1.165) is 0 Å². The fourth-order valence-electron chi connectivity index (χ4n) is 2.51. The molecule has 3 N–H and O–H groups in total. The van der Waals surface area contributed by atoms with E-state index in [1.807, 2.05) is 0 Å². The number of aliphatic hydroxyl groups excluding tert-OH is 1. The number of halogens is 1. The van der Waals surface area contributed by atoms with Gasteiger partial charge in [-0.2, -0.15) is 0 Å². The van der Waals surface area contributed by atoms with Crippen molar-refractivity contribution < 1.29 is 29.3 Å². The average molecular weight is 493 g/mol. The monoisotopic (exact) mass is 492 g/mol. The maximum atomic E-state index is 12.3. The molecule has 0 saturated carbocycles. The van der Waals surface area contributed by atoms with Crippen LogP contribution in [0, 0.1) is 0 Å². The number of nitrogens with one attached hydrogen (secondary N) is 1. The van der Waals surface area contributed by atoms with Gasteiger partial charge in [0, 0.05) is 4.47 Å². The zero-order valence-electron chi connectivity index (χ0n) is 15.7. The highest BCUT2D eigenvalue weighted by atomic mass is 79.9. The molecular formula is C20H17BrN2O6S. The Kier molecular flexibility index (Phi) is 7.14. The Balaban J connectivity index is 1.83. The van der Waals surface area contributed by atoms with Gasteiger partial charge in [0.2, 0.25) is 0 Å². The molecule has 0 spiro atoms. The third kappa shape index (κ3) is 5.21. The van der Waals surface area contributed by atoms with Crippen molar-refractivity contribution in [1.82, 2.24) is 5.32 Å². The number of benzene rings is 2. The highest BCUT2D eigenvalue weighted by molar-refractivity contribution is 9.10. The second-order valence-corrected chi connectivity index (χ2v) is 7.82. The van der Waals surface area contributed by atoms with Crippen molar-refractivity contribution >= 4 is 56.5 Å². The van der Waals surface area contributed by atoms with E-state index in [0.29, 0.717) is 37.3 Å². The van der Waals surface area contributed by atoms with Crippen molar-refractivity contribution in [2.45, 2.75) is 0 Å². The Labute approximate surface area is 184 Å². The van der Waals surface area contributed by atoms with Crippen molar-refractivity contribution in [2.75, 3.05) is 20.3 Å². The lowest BCUT2D eigenvalue weighted by Gasteiger charge is -2.12. The molecule has 3 rings (SSSR count). The molecule has 0 unspecified atom stereocenters. The normalized spacial score (nSPS) is 16.0. The molecule has 156 valence electrons. The zero-order valence-corrected chi connectivity index (χ0v) is 18.1. The van der Waals surface area contributed by atoms with Gasteiger partial charge in [0.1, 0.15) is 6.61 Å². The number of hydrogen-bond donors (Lipinski definition) is 3. The molecule has 1 amide bonds. The van der Waals surface area contributed by atoms with Crippen LogP contribution in [0.3, 0.4) is 0 Å². The number of aliphatic hydroxyl groups is 1. The zero-order chi connectivity index (χ0) is 21.7. The molecule has 1 aliphatic heterocycles. The first-order valence-corrected chi connectivity index (χ1v) is 10.3. The van der Waals surface area contributed by atoms with Gasteiger partial charge in [0.05, 0.1) is 29.9 Å². The van der Waals surface area contributed by atoms with Crippen LogP contribution in [-0.2, 0) is 4.79 Å². The number of ether oxygens (including phenoxy) is 2. The smallest absolute Gasteiger partial charge is 0.335 e. The second kappa shape index (κ2) is 9.79. The summed E-state index contributed by atoms with van der Waals surface area (Å²) in [6.07, 6.45) is 1.69. The number of hydrogen-bond acceptors (Lipinski definition) is 7. The number of aliphatic imine (C=N–C) groups is 1. The molecule has 0 atom stereocenters. The maximum absolute atomic E-state index is 12.3. The summed E-state index contributed by atoms with van der Waals surface area (Å²) in [5, 5.41) is 21.0. The average Bonchev–Trinajstić information content (AvgIpc) is 3.07.